The summed E-state index contributed by atoms with van der Waals surface area (Å²) in [6.07, 6.45) is 2.39. The summed E-state index contributed by atoms with van der Waals surface area (Å²) in [6, 6.07) is 0. The van der Waals surface area contributed by atoms with Crippen LogP contribution in [0.4, 0.5) is 5.13 Å². The van der Waals surface area contributed by atoms with Crippen LogP contribution in [0.3, 0.4) is 0 Å². The van der Waals surface area contributed by atoms with Crippen LogP contribution in [-0.4, -0.2) is 23.9 Å². The quantitative estimate of drug-likeness (QED) is 0.743. The zero-order chi connectivity index (χ0) is 11.8. The van der Waals surface area contributed by atoms with Gasteiger partial charge in [0.2, 0.25) is 0 Å². The molecule has 1 aliphatic heterocycles. The molecule has 88 valence electrons. The third kappa shape index (κ3) is 2.43. The molecule has 1 aliphatic rings. The average molecular weight is 238 g/mol. The molecule has 0 saturated carbocycles. The van der Waals surface area contributed by atoms with Crippen molar-refractivity contribution in [3.8, 4) is 0 Å². The van der Waals surface area contributed by atoms with E-state index in [9.17, 15) is 4.79 Å². The predicted octanol–water partition coefficient (Wildman–Crippen LogP) is 2.97. The van der Waals surface area contributed by atoms with Gasteiger partial charge in [-0.3, -0.25) is 4.79 Å². The number of anilines is 1. The number of aromatic nitrogens is 1. The molecule has 1 aromatic heterocycles. The molecule has 0 spiro atoms. The Hall–Kier alpha value is -0.900. The van der Waals surface area contributed by atoms with Crippen molar-refractivity contribution in [1.29, 1.82) is 0 Å². The van der Waals surface area contributed by atoms with Gasteiger partial charge in [-0.2, -0.15) is 0 Å². The molecular formula is C12H18N2OS. The maximum Gasteiger partial charge on any atom is 0.185 e. The van der Waals surface area contributed by atoms with E-state index in [4.69, 9.17) is 0 Å². The minimum absolute atomic E-state index is 0.0554. The third-order valence-electron chi connectivity index (χ3n) is 3.24. The number of rotatable bonds is 2. The topological polar surface area (TPSA) is 33.2 Å². The Labute approximate surface area is 100 Å². The summed E-state index contributed by atoms with van der Waals surface area (Å²) >= 11 is 1.58. The van der Waals surface area contributed by atoms with Gasteiger partial charge in [0.1, 0.15) is 5.69 Å². The third-order valence-corrected chi connectivity index (χ3v) is 4.14. The van der Waals surface area contributed by atoms with Crippen molar-refractivity contribution < 1.29 is 4.79 Å². The van der Waals surface area contributed by atoms with Crippen LogP contribution in [0.5, 0.6) is 0 Å². The normalized spacial score (nSPS) is 19.8. The van der Waals surface area contributed by atoms with E-state index in [1.807, 2.05) is 5.38 Å². The monoisotopic (exact) mass is 238 g/mol. The van der Waals surface area contributed by atoms with Gasteiger partial charge in [0.15, 0.2) is 10.9 Å². The zero-order valence-corrected chi connectivity index (χ0v) is 10.9. The van der Waals surface area contributed by atoms with Crippen LogP contribution in [-0.2, 0) is 0 Å². The predicted molar refractivity (Wildman–Crippen MR) is 67.3 cm³/mol. The fraction of sp³-hybridized carbons (Fsp3) is 0.667. The molecule has 3 nitrogen and oxygen atoms in total. The lowest BCUT2D eigenvalue weighted by Gasteiger charge is -2.36. The number of Topliss-reactive ketones (excluding diaryl/α,β-unsaturated/α-hetero) is 1. The summed E-state index contributed by atoms with van der Waals surface area (Å²) in [5.41, 5.74) is 1.06. The lowest BCUT2D eigenvalue weighted by Crippen LogP contribution is -2.37. The first-order chi connectivity index (χ1) is 7.48. The van der Waals surface area contributed by atoms with Crippen molar-refractivity contribution in [2.75, 3.05) is 18.0 Å². The van der Waals surface area contributed by atoms with E-state index in [-0.39, 0.29) is 5.78 Å². The second-order valence-corrected chi connectivity index (χ2v) is 6.06. The van der Waals surface area contributed by atoms with Crippen LogP contribution in [0, 0.1) is 5.41 Å². The number of thiazole rings is 1. The van der Waals surface area contributed by atoms with Gasteiger partial charge in [-0.15, -0.1) is 11.3 Å². The number of carbonyl (C=O) groups is 1. The van der Waals surface area contributed by atoms with E-state index in [1.165, 1.54) is 12.8 Å². The van der Waals surface area contributed by atoms with E-state index in [2.05, 4.69) is 23.7 Å². The van der Waals surface area contributed by atoms with E-state index in [0.717, 1.165) is 18.2 Å². The Morgan fingerprint density at radius 1 is 1.44 bits per heavy atom. The SMILES string of the molecule is CC(=O)c1csc(N2CCC(C)(C)CC2)n1. The van der Waals surface area contributed by atoms with Gasteiger partial charge in [0, 0.05) is 25.4 Å². The molecule has 0 N–H and O–H groups in total. The summed E-state index contributed by atoms with van der Waals surface area (Å²) in [4.78, 5) is 17.8. The molecule has 0 amide bonds. The van der Waals surface area contributed by atoms with Crippen LogP contribution >= 0.6 is 11.3 Å². The van der Waals surface area contributed by atoms with Crippen LogP contribution in [0.25, 0.3) is 0 Å². The van der Waals surface area contributed by atoms with Gasteiger partial charge in [0.25, 0.3) is 0 Å². The number of piperidine rings is 1. The van der Waals surface area contributed by atoms with Gasteiger partial charge in [-0.05, 0) is 18.3 Å². The van der Waals surface area contributed by atoms with Crippen LogP contribution < -0.4 is 4.90 Å². The van der Waals surface area contributed by atoms with Crippen molar-refractivity contribution in [1.82, 2.24) is 4.98 Å². The standard InChI is InChI=1S/C12H18N2OS/c1-9(15)10-8-16-11(13-10)14-6-4-12(2,3)5-7-14/h8H,4-7H2,1-3H3. The molecule has 2 heterocycles. The summed E-state index contributed by atoms with van der Waals surface area (Å²) in [7, 11) is 0. The molecule has 1 fully saturated rings. The van der Waals surface area contributed by atoms with E-state index >= 15 is 0 Å². The van der Waals surface area contributed by atoms with E-state index < -0.39 is 0 Å². The molecule has 0 bridgehead atoms. The molecule has 0 unspecified atom stereocenters. The van der Waals surface area contributed by atoms with Gasteiger partial charge < -0.3 is 4.90 Å². The summed E-state index contributed by atoms with van der Waals surface area (Å²) < 4.78 is 0. The Kier molecular flexibility index (Phi) is 3.02. The Bertz CT molecular complexity index is 387. The second kappa shape index (κ2) is 4.17. The van der Waals surface area contributed by atoms with E-state index in [0.29, 0.717) is 11.1 Å². The molecule has 0 atom stereocenters. The van der Waals surface area contributed by atoms with Crippen molar-refractivity contribution >= 4 is 22.3 Å². The number of nitrogens with zero attached hydrogens (tertiary/aromatic N) is 2. The Morgan fingerprint density at radius 2 is 2.06 bits per heavy atom. The molecule has 0 aromatic carbocycles. The van der Waals surface area contributed by atoms with Gasteiger partial charge in [0.05, 0.1) is 0 Å². The smallest absolute Gasteiger partial charge is 0.185 e. The molecule has 2 rings (SSSR count). The van der Waals surface area contributed by atoms with Gasteiger partial charge in [-0.25, -0.2) is 4.98 Å². The first-order valence-electron chi connectivity index (χ1n) is 5.69. The number of hydrogen-bond donors (Lipinski definition) is 0. The molecule has 0 radical (unpaired) electrons. The fourth-order valence-electron chi connectivity index (χ4n) is 1.87. The highest BCUT2D eigenvalue weighted by Gasteiger charge is 2.26. The second-order valence-electron chi connectivity index (χ2n) is 5.22. The van der Waals surface area contributed by atoms with Crippen LogP contribution in [0.15, 0.2) is 5.38 Å². The number of hydrogen-bond acceptors (Lipinski definition) is 4. The average Bonchev–Trinajstić information content (AvgIpc) is 2.66. The summed E-state index contributed by atoms with van der Waals surface area (Å²) in [6.45, 7) is 8.30. The first-order valence-corrected chi connectivity index (χ1v) is 6.57. The van der Waals surface area contributed by atoms with E-state index in [1.54, 1.807) is 18.3 Å². The Morgan fingerprint density at radius 3 is 2.56 bits per heavy atom. The molecule has 0 aliphatic carbocycles. The minimum atomic E-state index is 0.0554. The van der Waals surface area contributed by atoms with Gasteiger partial charge >= 0.3 is 0 Å². The first kappa shape index (κ1) is 11.6. The highest BCUT2D eigenvalue weighted by Crippen LogP contribution is 2.33. The zero-order valence-electron chi connectivity index (χ0n) is 10.1. The molecule has 16 heavy (non-hydrogen) atoms. The van der Waals surface area contributed by atoms with Crippen molar-refractivity contribution in [3.63, 3.8) is 0 Å². The van der Waals surface area contributed by atoms with Crippen molar-refractivity contribution in [2.24, 2.45) is 5.41 Å². The van der Waals surface area contributed by atoms with Crippen molar-refractivity contribution in [2.45, 2.75) is 33.6 Å². The molecule has 1 saturated heterocycles. The molecule has 4 heteroatoms. The maximum atomic E-state index is 11.2. The number of carbonyl (C=O) groups excluding carboxylic acids is 1. The lowest BCUT2D eigenvalue weighted by molar-refractivity contribution is 0.101. The number of ketones is 1. The highest BCUT2D eigenvalue weighted by atomic mass is 32.1. The maximum absolute atomic E-state index is 11.2. The Balaban J connectivity index is 2.05. The molecular weight excluding hydrogens is 220 g/mol. The fourth-order valence-corrected chi connectivity index (χ4v) is 2.79. The largest absolute Gasteiger partial charge is 0.348 e. The van der Waals surface area contributed by atoms with Crippen LogP contribution in [0.1, 0.15) is 44.1 Å². The van der Waals surface area contributed by atoms with Crippen molar-refractivity contribution in [3.05, 3.63) is 11.1 Å². The summed E-state index contributed by atoms with van der Waals surface area (Å²) in [5.74, 6) is 0.0554. The highest BCUT2D eigenvalue weighted by molar-refractivity contribution is 7.13. The van der Waals surface area contributed by atoms with Crippen LogP contribution in [0.2, 0.25) is 0 Å². The van der Waals surface area contributed by atoms with Gasteiger partial charge in [-0.1, -0.05) is 13.8 Å². The molecule has 1 aromatic rings. The summed E-state index contributed by atoms with van der Waals surface area (Å²) in [5, 5.41) is 2.86. The lowest BCUT2D eigenvalue weighted by atomic mass is 9.83. The minimum Gasteiger partial charge on any atom is -0.348 e.